The Balaban J connectivity index is 1.84. The Hall–Kier alpha value is -3.57. The quantitative estimate of drug-likeness (QED) is 0.639. The van der Waals surface area contributed by atoms with Crippen LogP contribution in [0.25, 0.3) is 5.69 Å². The van der Waals surface area contributed by atoms with Crippen molar-refractivity contribution in [3.63, 3.8) is 0 Å². The highest BCUT2D eigenvalue weighted by Crippen LogP contribution is 2.36. The van der Waals surface area contributed by atoms with Crippen molar-refractivity contribution in [3.8, 4) is 11.4 Å². The second-order valence-corrected chi connectivity index (χ2v) is 5.57. The van der Waals surface area contributed by atoms with Crippen LogP contribution >= 0.6 is 0 Å². The summed E-state index contributed by atoms with van der Waals surface area (Å²) < 4.78 is 80.4. The van der Waals surface area contributed by atoms with E-state index in [1.54, 1.807) is 0 Å². The Labute approximate surface area is 158 Å². The van der Waals surface area contributed by atoms with Crippen LogP contribution in [0, 0.1) is 0 Å². The molecule has 29 heavy (non-hydrogen) atoms. The number of benzene rings is 2. The van der Waals surface area contributed by atoms with Crippen molar-refractivity contribution in [1.82, 2.24) is 15.0 Å². The van der Waals surface area contributed by atoms with Crippen LogP contribution < -0.4 is 10.1 Å². The molecule has 0 saturated heterocycles. The summed E-state index contributed by atoms with van der Waals surface area (Å²) in [6.07, 6.45) is -7.13. The van der Waals surface area contributed by atoms with E-state index in [-0.39, 0.29) is 11.3 Å². The molecule has 0 atom stereocenters. The van der Waals surface area contributed by atoms with Crippen LogP contribution in [0.2, 0.25) is 0 Å². The minimum absolute atomic E-state index is 0.0222. The van der Waals surface area contributed by atoms with Gasteiger partial charge < -0.3 is 10.1 Å². The van der Waals surface area contributed by atoms with Gasteiger partial charge in [0.2, 0.25) is 0 Å². The van der Waals surface area contributed by atoms with Crippen LogP contribution in [0.5, 0.6) is 5.75 Å². The first-order chi connectivity index (χ1) is 13.5. The van der Waals surface area contributed by atoms with E-state index in [0.29, 0.717) is 0 Å². The van der Waals surface area contributed by atoms with E-state index in [9.17, 15) is 31.1 Å². The smallest absolute Gasteiger partial charge is 0.406 e. The van der Waals surface area contributed by atoms with Crippen molar-refractivity contribution >= 4 is 11.6 Å². The monoisotopic (exact) mass is 416 g/mol. The molecule has 0 spiro atoms. The number of rotatable bonds is 4. The summed E-state index contributed by atoms with van der Waals surface area (Å²) in [4.78, 5) is 13.2. The van der Waals surface area contributed by atoms with E-state index >= 15 is 0 Å². The molecule has 0 aliphatic rings. The van der Waals surface area contributed by atoms with Gasteiger partial charge in [0.05, 0.1) is 29.3 Å². The number of halogens is 6. The number of amides is 1. The zero-order chi connectivity index (χ0) is 21.2. The van der Waals surface area contributed by atoms with Gasteiger partial charge in [-0.2, -0.15) is 28.2 Å². The molecule has 0 unspecified atom stereocenters. The Bertz CT molecular complexity index is 998. The molecular formula is C17H10F6N4O2. The number of anilines is 1. The number of nitrogens with zero attached hydrogens (tertiary/aromatic N) is 3. The number of alkyl halides is 6. The lowest BCUT2D eigenvalue weighted by molar-refractivity contribution is -0.274. The largest absolute Gasteiger partial charge is 0.573 e. The van der Waals surface area contributed by atoms with Gasteiger partial charge in [0, 0.05) is 5.56 Å². The fourth-order valence-electron chi connectivity index (χ4n) is 2.35. The fraction of sp³-hybridized carbons (Fsp3) is 0.118. The Kier molecular flexibility index (Phi) is 5.18. The van der Waals surface area contributed by atoms with Crippen LogP contribution in [0.15, 0.2) is 54.9 Å². The molecule has 1 N–H and O–H groups in total. The van der Waals surface area contributed by atoms with E-state index < -0.39 is 35.4 Å². The number of hydrogen-bond acceptors (Lipinski definition) is 4. The molecule has 6 nitrogen and oxygen atoms in total. The third-order valence-corrected chi connectivity index (χ3v) is 3.56. The summed E-state index contributed by atoms with van der Waals surface area (Å²) in [6, 6.07) is 6.79. The van der Waals surface area contributed by atoms with Crippen LogP contribution in [-0.2, 0) is 6.18 Å². The van der Waals surface area contributed by atoms with E-state index in [2.05, 4.69) is 20.3 Å². The van der Waals surface area contributed by atoms with Crippen LogP contribution in [-0.4, -0.2) is 27.3 Å². The minimum atomic E-state index is -4.91. The van der Waals surface area contributed by atoms with E-state index in [1.165, 1.54) is 18.5 Å². The first-order valence-corrected chi connectivity index (χ1v) is 7.78. The van der Waals surface area contributed by atoms with Crippen molar-refractivity contribution in [1.29, 1.82) is 0 Å². The zero-order valence-corrected chi connectivity index (χ0v) is 14.1. The molecule has 0 radical (unpaired) electrons. The Morgan fingerprint density at radius 2 is 1.55 bits per heavy atom. The molecule has 0 fully saturated rings. The molecule has 3 aromatic rings. The topological polar surface area (TPSA) is 69.0 Å². The molecule has 3 rings (SSSR count). The SMILES string of the molecule is O=C(Nc1ccc(-n2nccn2)cc1C(F)(F)F)c1ccc(OC(F)(F)F)cc1. The van der Waals surface area contributed by atoms with Gasteiger partial charge in [-0.15, -0.1) is 13.2 Å². The normalized spacial score (nSPS) is 11.9. The molecule has 0 aliphatic heterocycles. The van der Waals surface area contributed by atoms with Crippen LogP contribution in [0.1, 0.15) is 15.9 Å². The van der Waals surface area contributed by atoms with Crippen molar-refractivity contribution in [2.45, 2.75) is 12.5 Å². The first kappa shape index (κ1) is 20.2. The van der Waals surface area contributed by atoms with Gasteiger partial charge in [-0.25, -0.2) is 0 Å². The highest BCUT2D eigenvalue weighted by Gasteiger charge is 2.35. The Morgan fingerprint density at radius 1 is 0.931 bits per heavy atom. The molecule has 1 heterocycles. The number of carbonyl (C=O) groups excluding carboxylic acids is 1. The van der Waals surface area contributed by atoms with Crippen LogP contribution in [0.4, 0.5) is 32.0 Å². The molecule has 1 amide bonds. The molecule has 0 saturated carbocycles. The van der Waals surface area contributed by atoms with E-state index in [0.717, 1.165) is 41.2 Å². The molecule has 1 aromatic heterocycles. The second-order valence-electron chi connectivity index (χ2n) is 5.57. The summed E-state index contributed by atoms with van der Waals surface area (Å²) in [6.45, 7) is 0. The standard InChI is InChI=1S/C17H10F6N4O2/c18-16(19,20)13-9-11(27-24-7-8-25-27)3-6-14(13)26-15(28)10-1-4-12(5-2-10)29-17(21,22)23/h1-9H,(H,26,28). The zero-order valence-electron chi connectivity index (χ0n) is 14.1. The van der Waals surface area contributed by atoms with Gasteiger partial charge in [0.15, 0.2) is 0 Å². The maximum Gasteiger partial charge on any atom is 0.573 e. The third-order valence-electron chi connectivity index (χ3n) is 3.56. The van der Waals surface area contributed by atoms with Gasteiger partial charge in [-0.1, -0.05) is 0 Å². The average molecular weight is 416 g/mol. The van der Waals surface area contributed by atoms with Gasteiger partial charge in [-0.3, -0.25) is 4.79 Å². The lowest BCUT2D eigenvalue weighted by atomic mass is 10.1. The van der Waals surface area contributed by atoms with Crippen LogP contribution in [0.3, 0.4) is 0 Å². The first-order valence-electron chi connectivity index (χ1n) is 7.78. The number of aromatic nitrogens is 3. The van der Waals surface area contributed by atoms with E-state index in [1.807, 2.05) is 0 Å². The van der Waals surface area contributed by atoms with Crippen molar-refractivity contribution in [2.24, 2.45) is 0 Å². The summed E-state index contributed by atoms with van der Waals surface area (Å²) in [5, 5.41) is 9.58. The summed E-state index contributed by atoms with van der Waals surface area (Å²) in [5.74, 6) is -1.51. The molecule has 0 aliphatic carbocycles. The lowest BCUT2D eigenvalue weighted by Crippen LogP contribution is -2.18. The Morgan fingerprint density at radius 3 is 2.10 bits per heavy atom. The number of ether oxygens (including phenoxy) is 1. The minimum Gasteiger partial charge on any atom is -0.406 e. The van der Waals surface area contributed by atoms with Gasteiger partial charge in [-0.05, 0) is 42.5 Å². The predicted molar refractivity (Wildman–Crippen MR) is 87.4 cm³/mol. The van der Waals surface area contributed by atoms with Crippen molar-refractivity contribution in [3.05, 3.63) is 66.0 Å². The maximum atomic E-state index is 13.4. The number of hydrogen-bond donors (Lipinski definition) is 1. The van der Waals surface area contributed by atoms with Crippen molar-refractivity contribution in [2.75, 3.05) is 5.32 Å². The summed E-state index contributed by atoms with van der Waals surface area (Å²) in [5.41, 5.74) is -1.81. The molecule has 152 valence electrons. The van der Waals surface area contributed by atoms with Gasteiger partial charge in [0.1, 0.15) is 5.75 Å². The highest BCUT2D eigenvalue weighted by atomic mass is 19.4. The van der Waals surface area contributed by atoms with Gasteiger partial charge >= 0.3 is 12.5 Å². The lowest BCUT2D eigenvalue weighted by Gasteiger charge is -2.15. The second kappa shape index (κ2) is 7.45. The number of carbonyl (C=O) groups is 1. The predicted octanol–water partition coefficient (Wildman–Crippen LogP) is 4.44. The summed E-state index contributed by atoms with van der Waals surface area (Å²) in [7, 11) is 0. The van der Waals surface area contributed by atoms with E-state index in [4.69, 9.17) is 0 Å². The highest BCUT2D eigenvalue weighted by molar-refractivity contribution is 6.04. The van der Waals surface area contributed by atoms with Gasteiger partial charge in [0.25, 0.3) is 5.91 Å². The summed E-state index contributed by atoms with van der Waals surface area (Å²) >= 11 is 0. The average Bonchev–Trinajstić information content (AvgIpc) is 3.15. The van der Waals surface area contributed by atoms with Crippen molar-refractivity contribution < 1.29 is 35.9 Å². The fourth-order valence-corrected chi connectivity index (χ4v) is 2.35. The maximum absolute atomic E-state index is 13.4. The molecular weight excluding hydrogens is 406 g/mol. The number of nitrogens with one attached hydrogen (secondary N) is 1. The molecule has 2 aromatic carbocycles. The third kappa shape index (κ3) is 5.03. The molecule has 12 heteroatoms. The molecule has 0 bridgehead atoms.